The van der Waals surface area contributed by atoms with Crippen molar-refractivity contribution < 1.29 is 19.0 Å². The minimum Gasteiger partial charge on any atom is -0.497 e. The molecule has 0 atom stereocenters. The standard InChI is InChI=1S/C22H33BrO4/c1-25-20-14-12-19(21(18-20)26-2)13-15-22(24)27-17-11-9-7-5-3-4-6-8-10-16-23/h12-15,18H,3-11,16-17H2,1-2H3. The van der Waals surface area contributed by atoms with Gasteiger partial charge in [0.15, 0.2) is 0 Å². The molecule has 0 fully saturated rings. The number of esters is 1. The maximum Gasteiger partial charge on any atom is 0.330 e. The quantitative estimate of drug-likeness (QED) is 0.141. The molecule has 0 saturated carbocycles. The molecule has 1 aromatic carbocycles. The van der Waals surface area contributed by atoms with Gasteiger partial charge in [-0.05, 0) is 31.1 Å². The summed E-state index contributed by atoms with van der Waals surface area (Å²) in [5, 5.41) is 1.12. The number of methoxy groups -OCH3 is 2. The lowest BCUT2D eigenvalue weighted by Gasteiger charge is -2.07. The zero-order chi connectivity index (χ0) is 19.7. The molecule has 27 heavy (non-hydrogen) atoms. The molecule has 0 aromatic heterocycles. The summed E-state index contributed by atoms with van der Waals surface area (Å²) in [6.07, 6.45) is 14.3. The van der Waals surface area contributed by atoms with Crippen molar-refractivity contribution in [2.75, 3.05) is 26.2 Å². The average molecular weight is 441 g/mol. The van der Waals surface area contributed by atoms with E-state index in [1.165, 1.54) is 51.0 Å². The van der Waals surface area contributed by atoms with Crippen LogP contribution in [0.5, 0.6) is 11.5 Å². The zero-order valence-electron chi connectivity index (χ0n) is 16.7. The Labute approximate surface area is 172 Å². The van der Waals surface area contributed by atoms with E-state index in [4.69, 9.17) is 14.2 Å². The Morgan fingerprint density at radius 2 is 1.56 bits per heavy atom. The monoisotopic (exact) mass is 440 g/mol. The van der Waals surface area contributed by atoms with Crippen LogP contribution in [0.1, 0.15) is 63.4 Å². The summed E-state index contributed by atoms with van der Waals surface area (Å²) < 4.78 is 15.7. The van der Waals surface area contributed by atoms with Crippen LogP contribution < -0.4 is 9.47 Å². The number of alkyl halides is 1. The van der Waals surface area contributed by atoms with Crippen molar-refractivity contribution in [3.05, 3.63) is 29.8 Å². The lowest BCUT2D eigenvalue weighted by Crippen LogP contribution is -2.02. The molecule has 0 bridgehead atoms. The third-order valence-corrected chi connectivity index (χ3v) is 4.92. The molecule has 0 saturated heterocycles. The molecule has 0 amide bonds. The molecular weight excluding hydrogens is 408 g/mol. The smallest absolute Gasteiger partial charge is 0.330 e. The molecule has 4 nitrogen and oxygen atoms in total. The highest BCUT2D eigenvalue weighted by Crippen LogP contribution is 2.25. The van der Waals surface area contributed by atoms with E-state index in [2.05, 4.69) is 15.9 Å². The Morgan fingerprint density at radius 1 is 0.926 bits per heavy atom. The fourth-order valence-corrected chi connectivity index (χ4v) is 3.17. The van der Waals surface area contributed by atoms with Crippen LogP contribution in [0.25, 0.3) is 6.08 Å². The topological polar surface area (TPSA) is 44.8 Å². The molecule has 0 heterocycles. The average Bonchev–Trinajstić information content (AvgIpc) is 2.70. The van der Waals surface area contributed by atoms with Gasteiger partial charge in [0, 0.05) is 23.0 Å². The van der Waals surface area contributed by atoms with Crippen molar-refractivity contribution in [1.82, 2.24) is 0 Å². The molecule has 152 valence electrons. The zero-order valence-corrected chi connectivity index (χ0v) is 18.3. The predicted octanol–water partition coefficient (Wildman–Crippen LogP) is 6.17. The van der Waals surface area contributed by atoms with Crippen molar-refractivity contribution in [2.24, 2.45) is 0 Å². The van der Waals surface area contributed by atoms with Crippen LogP contribution in [0.15, 0.2) is 24.3 Å². The molecular formula is C22H33BrO4. The summed E-state index contributed by atoms with van der Waals surface area (Å²) in [4.78, 5) is 11.8. The van der Waals surface area contributed by atoms with Crippen molar-refractivity contribution >= 4 is 28.0 Å². The molecule has 1 rings (SSSR count). The van der Waals surface area contributed by atoms with Crippen molar-refractivity contribution in [2.45, 2.75) is 57.8 Å². The van der Waals surface area contributed by atoms with Gasteiger partial charge in [-0.1, -0.05) is 60.9 Å². The molecule has 0 unspecified atom stereocenters. The highest BCUT2D eigenvalue weighted by Gasteiger charge is 2.03. The summed E-state index contributed by atoms with van der Waals surface area (Å²) in [6.45, 7) is 0.480. The Hall–Kier alpha value is -1.49. The van der Waals surface area contributed by atoms with Gasteiger partial charge in [-0.3, -0.25) is 0 Å². The highest BCUT2D eigenvalue weighted by atomic mass is 79.9. The minimum absolute atomic E-state index is 0.320. The second kappa shape index (κ2) is 15.6. The van der Waals surface area contributed by atoms with Crippen LogP contribution >= 0.6 is 15.9 Å². The lowest BCUT2D eigenvalue weighted by atomic mass is 10.1. The number of halogens is 1. The van der Waals surface area contributed by atoms with Gasteiger partial charge in [0.2, 0.25) is 0 Å². The molecule has 0 spiro atoms. The van der Waals surface area contributed by atoms with Gasteiger partial charge in [0.1, 0.15) is 11.5 Å². The van der Waals surface area contributed by atoms with Crippen molar-refractivity contribution in [3.63, 3.8) is 0 Å². The third kappa shape index (κ3) is 11.1. The van der Waals surface area contributed by atoms with E-state index in [9.17, 15) is 4.79 Å². The van der Waals surface area contributed by atoms with Crippen LogP contribution in [0, 0.1) is 0 Å². The summed E-state index contributed by atoms with van der Waals surface area (Å²) in [6, 6.07) is 5.46. The summed E-state index contributed by atoms with van der Waals surface area (Å²) in [7, 11) is 3.20. The third-order valence-electron chi connectivity index (χ3n) is 4.36. The molecule has 5 heteroatoms. The van der Waals surface area contributed by atoms with E-state index in [0.29, 0.717) is 18.1 Å². The number of benzene rings is 1. The molecule has 0 aliphatic rings. The van der Waals surface area contributed by atoms with Gasteiger partial charge in [-0.2, -0.15) is 0 Å². The van der Waals surface area contributed by atoms with Crippen LogP contribution in [0.2, 0.25) is 0 Å². The minimum atomic E-state index is -0.320. The Balaban J connectivity index is 2.13. The molecule has 0 radical (unpaired) electrons. The van der Waals surface area contributed by atoms with E-state index in [1.807, 2.05) is 12.1 Å². The maximum absolute atomic E-state index is 11.8. The fraction of sp³-hybridized carbons (Fsp3) is 0.591. The van der Waals surface area contributed by atoms with E-state index < -0.39 is 0 Å². The first kappa shape index (κ1) is 23.5. The Kier molecular flexibility index (Phi) is 13.6. The Morgan fingerprint density at radius 3 is 2.15 bits per heavy atom. The number of hydrogen-bond acceptors (Lipinski definition) is 4. The summed E-state index contributed by atoms with van der Waals surface area (Å²) >= 11 is 3.46. The van der Waals surface area contributed by atoms with Gasteiger partial charge in [-0.25, -0.2) is 4.79 Å². The maximum atomic E-state index is 11.8. The first-order chi connectivity index (χ1) is 13.2. The largest absolute Gasteiger partial charge is 0.497 e. The Bertz CT molecular complexity index is 557. The number of carbonyl (C=O) groups excluding carboxylic acids is 1. The summed E-state index contributed by atoms with van der Waals surface area (Å²) in [5.41, 5.74) is 0.811. The van der Waals surface area contributed by atoms with Gasteiger partial charge in [-0.15, -0.1) is 0 Å². The molecule has 0 aliphatic carbocycles. The first-order valence-corrected chi connectivity index (χ1v) is 11.0. The van der Waals surface area contributed by atoms with Crippen molar-refractivity contribution in [3.8, 4) is 11.5 Å². The SMILES string of the molecule is COc1ccc(C=CC(=O)OCCCCCCCCCCCBr)c(OC)c1. The van der Waals surface area contributed by atoms with Gasteiger partial charge in [0.05, 0.1) is 20.8 Å². The lowest BCUT2D eigenvalue weighted by molar-refractivity contribution is -0.137. The van der Waals surface area contributed by atoms with Crippen molar-refractivity contribution in [1.29, 1.82) is 0 Å². The van der Waals surface area contributed by atoms with E-state index >= 15 is 0 Å². The number of hydrogen-bond donors (Lipinski definition) is 0. The van der Waals surface area contributed by atoms with Gasteiger partial charge in [0.25, 0.3) is 0 Å². The van der Waals surface area contributed by atoms with Gasteiger partial charge < -0.3 is 14.2 Å². The van der Waals surface area contributed by atoms with Gasteiger partial charge >= 0.3 is 5.97 Å². The molecule has 1 aromatic rings. The number of rotatable bonds is 15. The molecule has 0 N–H and O–H groups in total. The second-order valence-corrected chi connectivity index (χ2v) is 7.27. The predicted molar refractivity (Wildman–Crippen MR) is 115 cm³/mol. The van der Waals surface area contributed by atoms with Crippen LogP contribution in [-0.4, -0.2) is 32.1 Å². The number of carbonyl (C=O) groups is 1. The highest BCUT2D eigenvalue weighted by molar-refractivity contribution is 9.09. The summed E-state index contributed by atoms with van der Waals surface area (Å²) in [5.74, 6) is 1.05. The normalized spacial score (nSPS) is 10.9. The number of ether oxygens (including phenoxy) is 3. The van der Waals surface area contributed by atoms with E-state index in [1.54, 1.807) is 26.4 Å². The van der Waals surface area contributed by atoms with E-state index in [0.717, 1.165) is 23.7 Å². The second-order valence-electron chi connectivity index (χ2n) is 6.48. The van der Waals surface area contributed by atoms with Crippen LogP contribution in [-0.2, 0) is 9.53 Å². The first-order valence-electron chi connectivity index (χ1n) is 9.84. The number of unbranched alkanes of at least 4 members (excludes halogenated alkanes) is 8. The fourth-order valence-electron chi connectivity index (χ4n) is 2.77. The van der Waals surface area contributed by atoms with Crippen LogP contribution in [0.3, 0.4) is 0 Å². The molecule has 0 aliphatic heterocycles. The van der Waals surface area contributed by atoms with E-state index in [-0.39, 0.29) is 5.97 Å². The van der Waals surface area contributed by atoms with Crippen LogP contribution in [0.4, 0.5) is 0 Å².